The van der Waals surface area contributed by atoms with Gasteiger partial charge in [-0.2, -0.15) is 9.36 Å². The lowest BCUT2D eigenvalue weighted by atomic mass is 10.2. The lowest BCUT2D eigenvalue weighted by Gasteiger charge is -2.28. The zero-order valence-electron chi connectivity index (χ0n) is 9.72. The molecule has 1 saturated carbocycles. The second-order valence-corrected chi connectivity index (χ2v) is 4.93. The lowest BCUT2D eigenvalue weighted by molar-refractivity contribution is 0.202. The van der Waals surface area contributed by atoms with Crippen molar-refractivity contribution in [1.29, 1.82) is 0 Å². The summed E-state index contributed by atoms with van der Waals surface area (Å²) in [5, 5.41) is 0.911. The predicted octanol–water partition coefficient (Wildman–Crippen LogP) is 1.37. The molecule has 0 radical (unpaired) electrons. The molecule has 0 spiro atoms. The van der Waals surface area contributed by atoms with E-state index in [1.165, 1.54) is 24.4 Å². The van der Waals surface area contributed by atoms with E-state index in [0.29, 0.717) is 18.6 Å². The number of nitrogen functional groups attached to an aromatic ring is 1. The molecule has 1 atom stereocenters. The van der Waals surface area contributed by atoms with Crippen molar-refractivity contribution in [2.75, 3.05) is 30.9 Å². The van der Waals surface area contributed by atoms with E-state index in [0.717, 1.165) is 17.6 Å². The van der Waals surface area contributed by atoms with Gasteiger partial charge in [-0.3, -0.25) is 0 Å². The topological polar surface area (TPSA) is 64.3 Å². The van der Waals surface area contributed by atoms with Gasteiger partial charge in [0, 0.05) is 31.2 Å². The zero-order chi connectivity index (χ0) is 11.5. The van der Waals surface area contributed by atoms with E-state index in [4.69, 9.17) is 10.5 Å². The molecule has 16 heavy (non-hydrogen) atoms. The van der Waals surface area contributed by atoms with Crippen molar-refractivity contribution in [3.05, 3.63) is 0 Å². The summed E-state index contributed by atoms with van der Waals surface area (Å²) in [5.41, 5.74) is 5.57. The number of anilines is 2. The minimum Gasteiger partial charge on any atom is -0.383 e. The number of nitrogens with zero attached hydrogens (tertiary/aromatic N) is 3. The summed E-state index contributed by atoms with van der Waals surface area (Å²) in [6.45, 7) is 3.80. The molecule has 2 N–H and O–H groups in total. The van der Waals surface area contributed by atoms with Crippen molar-refractivity contribution >= 4 is 22.6 Å². The number of rotatable bonds is 6. The summed E-state index contributed by atoms with van der Waals surface area (Å²) in [6, 6.07) is 0.502. The summed E-state index contributed by atoms with van der Waals surface area (Å²) in [4.78, 5) is 6.51. The minimum atomic E-state index is 0.366. The fourth-order valence-electron chi connectivity index (χ4n) is 1.84. The van der Waals surface area contributed by atoms with E-state index in [1.807, 2.05) is 0 Å². The summed E-state index contributed by atoms with van der Waals surface area (Å²) >= 11 is 1.37. The van der Waals surface area contributed by atoms with E-state index >= 15 is 0 Å². The molecule has 1 fully saturated rings. The number of nitrogens with two attached hydrogens (primary N) is 1. The smallest absolute Gasteiger partial charge is 0.233 e. The van der Waals surface area contributed by atoms with Crippen LogP contribution < -0.4 is 10.6 Å². The average Bonchev–Trinajstić information content (AvgIpc) is 3.03. The van der Waals surface area contributed by atoms with Gasteiger partial charge < -0.3 is 15.4 Å². The highest BCUT2D eigenvalue weighted by Crippen LogP contribution is 2.37. The second kappa shape index (κ2) is 4.97. The number of hydrogen-bond acceptors (Lipinski definition) is 6. The fourth-order valence-corrected chi connectivity index (χ4v) is 2.55. The largest absolute Gasteiger partial charge is 0.383 e. The van der Waals surface area contributed by atoms with Crippen LogP contribution in [0.25, 0.3) is 0 Å². The Labute approximate surface area is 99.8 Å². The molecule has 1 heterocycles. The van der Waals surface area contributed by atoms with Crippen LogP contribution in [0.4, 0.5) is 11.1 Å². The van der Waals surface area contributed by atoms with Crippen LogP contribution in [0, 0.1) is 5.92 Å². The molecule has 6 heteroatoms. The highest BCUT2D eigenvalue weighted by atomic mass is 32.1. The molecule has 0 amide bonds. The summed E-state index contributed by atoms with van der Waals surface area (Å²) in [5.74, 6) is 1.16. The summed E-state index contributed by atoms with van der Waals surface area (Å²) in [6.07, 6.45) is 2.64. The standard InChI is InChI=1S/C10H18N4OS/c1-7(8-3-4-8)14(5-6-15-2)10-12-9(11)13-16-10/h7-8H,3-6H2,1-2H3,(H2,11,13). The number of hydrogen-bond donors (Lipinski definition) is 1. The highest BCUT2D eigenvalue weighted by molar-refractivity contribution is 7.09. The molecule has 0 aromatic carbocycles. The third kappa shape index (κ3) is 2.62. The van der Waals surface area contributed by atoms with Crippen LogP contribution in [0.1, 0.15) is 19.8 Å². The molecule has 0 saturated heterocycles. The van der Waals surface area contributed by atoms with Crippen molar-refractivity contribution < 1.29 is 4.74 Å². The molecule has 1 aliphatic rings. The average molecular weight is 242 g/mol. The van der Waals surface area contributed by atoms with E-state index < -0.39 is 0 Å². The molecular weight excluding hydrogens is 224 g/mol. The molecule has 1 aliphatic carbocycles. The monoisotopic (exact) mass is 242 g/mol. The first-order valence-electron chi connectivity index (χ1n) is 5.57. The molecule has 1 unspecified atom stereocenters. The van der Waals surface area contributed by atoms with Gasteiger partial charge in [0.2, 0.25) is 11.1 Å². The van der Waals surface area contributed by atoms with Crippen molar-refractivity contribution in [2.45, 2.75) is 25.8 Å². The third-order valence-electron chi connectivity index (χ3n) is 3.01. The fraction of sp³-hybridized carbons (Fsp3) is 0.800. The van der Waals surface area contributed by atoms with Gasteiger partial charge in [0.1, 0.15) is 0 Å². The summed E-state index contributed by atoms with van der Waals surface area (Å²) in [7, 11) is 1.72. The van der Waals surface area contributed by atoms with Crippen LogP contribution in [-0.4, -0.2) is 35.7 Å². The van der Waals surface area contributed by atoms with Gasteiger partial charge >= 0.3 is 0 Å². The van der Waals surface area contributed by atoms with Crippen molar-refractivity contribution in [3.8, 4) is 0 Å². The summed E-state index contributed by atoms with van der Waals surface area (Å²) < 4.78 is 9.17. The maximum Gasteiger partial charge on any atom is 0.233 e. The molecule has 1 aromatic rings. The first kappa shape index (κ1) is 11.6. The molecular formula is C10H18N4OS. The molecule has 5 nitrogen and oxygen atoms in total. The molecule has 1 aromatic heterocycles. The SMILES string of the molecule is COCCN(c1nc(N)ns1)C(C)C1CC1. The van der Waals surface area contributed by atoms with Gasteiger partial charge in [0.25, 0.3) is 0 Å². The van der Waals surface area contributed by atoms with Crippen LogP contribution in [0.5, 0.6) is 0 Å². The Kier molecular flexibility index (Phi) is 3.60. The van der Waals surface area contributed by atoms with Gasteiger partial charge in [-0.25, -0.2) is 0 Å². The first-order chi connectivity index (χ1) is 7.72. The number of aromatic nitrogens is 2. The molecule has 2 rings (SSSR count). The highest BCUT2D eigenvalue weighted by Gasteiger charge is 2.33. The van der Waals surface area contributed by atoms with Crippen molar-refractivity contribution in [1.82, 2.24) is 9.36 Å². The van der Waals surface area contributed by atoms with Gasteiger partial charge in [-0.1, -0.05) is 0 Å². The van der Waals surface area contributed by atoms with Crippen LogP contribution >= 0.6 is 11.5 Å². The van der Waals surface area contributed by atoms with Crippen LogP contribution in [0.15, 0.2) is 0 Å². The van der Waals surface area contributed by atoms with Gasteiger partial charge in [0.15, 0.2) is 0 Å². The number of ether oxygens (including phenoxy) is 1. The maximum absolute atomic E-state index is 5.57. The van der Waals surface area contributed by atoms with Gasteiger partial charge in [-0.15, -0.1) is 0 Å². The van der Waals surface area contributed by atoms with Crippen molar-refractivity contribution in [2.24, 2.45) is 5.92 Å². The Morgan fingerprint density at radius 2 is 2.38 bits per heavy atom. The van der Waals surface area contributed by atoms with Crippen molar-refractivity contribution in [3.63, 3.8) is 0 Å². The zero-order valence-corrected chi connectivity index (χ0v) is 10.5. The van der Waals surface area contributed by atoms with Crippen LogP contribution in [0.3, 0.4) is 0 Å². The quantitative estimate of drug-likeness (QED) is 0.816. The van der Waals surface area contributed by atoms with Gasteiger partial charge in [-0.05, 0) is 25.7 Å². The molecule has 0 aliphatic heterocycles. The predicted molar refractivity (Wildman–Crippen MR) is 65.7 cm³/mol. The Bertz CT molecular complexity index is 339. The Morgan fingerprint density at radius 3 is 2.88 bits per heavy atom. The Balaban J connectivity index is 2.06. The Morgan fingerprint density at radius 1 is 1.62 bits per heavy atom. The number of methoxy groups -OCH3 is 1. The second-order valence-electron chi connectivity index (χ2n) is 4.20. The molecule has 0 bridgehead atoms. The maximum atomic E-state index is 5.57. The van der Waals surface area contributed by atoms with E-state index in [2.05, 4.69) is 21.2 Å². The third-order valence-corrected chi connectivity index (χ3v) is 3.78. The lowest BCUT2D eigenvalue weighted by Crippen LogP contribution is -2.37. The normalized spacial score (nSPS) is 17.4. The van der Waals surface area contributed by atoms with Crippen LogP contribution in [0.2, 0.25) is 0 Å². The molecule has 90 valence electrons. The van der Waals surface area contributed by atoms with E-state index in [9.17, 15) is 0 Å². The van der Waals surface area contributed by atoms with Crippen LogP contribution in [-0.2, 0) is 4.74 Å². The van der Waals surface area contributed by atoms with E-state index in [-0.39, 0.29) is 0 Å². The minimum absolute atomic E-state index is 0.366. The van der Waals surface area contributed by atoms with E-state index in [1.54, 1.807) is 7.11 Å². The Hall–Kier alpha value is -0.880. The van der Waals surface area contributed by atoms with Gasteiger partial charge in [0.05, 0.1) is 6.61 Å². The first-order valence-corrected chi connectivity index (χ1v) is 6.34.